The molecular weight excluding hydrogens is 202 g/mol. The first kappa shape index (κ1) is 9.37. The SMILES string of the molecule is CC1CC[C@@H](N)c2sc3ccccc3c21. The van der Waals surface area contributed by atoms with Crippen LogP contribution in [0.15, 0.2) is 24.3 Å². The van der Waals surface area contributed by atoms with E-state index in [-0.39, 0.29) is 6.04 Å². The first-order valence-electron chi connectivity index (χ1n) is 5.54. The fourth-order valence-corrected chi connectivity index (χ4v) is 3.93. The number of nitrogens with two attached hydrogens (primary N) is 1. The zero-order valence-corrected chi connectivity index (χ0v) is 9.68. The zero-order chi connectivity index (χ0) is 10.4. The van der Waals surface area contributed by atoms with E-state index in [1.165, 1.54) is 26.9 Å². The van der Waals surface area contributed by atoms with Crippen LogP contribution in [0.2, 0.25) is 0 Å². The molecule has 15 heavy (non-hydrogen) atoms. The van der Waals surface area contributed by atoms with Crippen molar-refractivity contribution in [2.24, 2.45) is 5.73 Å². The molecule has 0 aliphatic heterocycles. The van der Waals surface area contributed by atoms with Gasteiger partial charge in [0.1, 0.15) is 0 Å². The second-order valence-electron chi connectivity index (χ2n) is 4.46. The summed E-state index contributed by atoms with van der Waals surface area (Å²) in [5.74, 6) is 0.677. The summed E-state index contributed by atoms with van der Waals surface area (Å²) >= 11 is 1.89. The van der Waals surface area contributed by atoms with Crippen LogP contribution in [0.1, 0.15) is 42.2 Å². The highest BCUT2D eigenvalue weighted by atomic mass is 32.1. The van der Waals surface area contributed by atoms with Gasteiger partial charge in [-0.05, 0) is 35.8 Å². The van der Waals surface area contributed by atoms with Gasteiger partial charge in [0, 0.05) is 15.6 Å². The average molecular weight is 217 g/mol. The van der Waals surface area contributed by atoms with Crippen LogP contribution in [0, 0.1) is 0 Å². The highest BCUT2D eigenvalue weighted by Gasteiger charge is 2.26. The Morgan fingerprint density at radius 1 is 1.27 bits per heavy atom. The molecule has 0 radical (unpaired) electrons. The van der Waals surface area contributed by atoms with Gasteiger partial charge in [-0.1, -0.05) is 25.1 Å². The molecule has 1 aromatic heterocycles. The van der Waals surface area contributed by atoms with Crippen molar-refractivity contribution < 1.29 is 0 Å². The molecule has 0 saturated carbocycles. The maximum atomic E-state index is 6.18. The molecule has 2 N–H and O–H groups in total. The van der Waals surface area contributed by atoms with Crippen molar-refractivity contribution in [3.8, 4) is 0 Å². The number of thiophene rings is 1. The van der Waals surface area contributed by atoms with Crippen LogP contribution in [0.3, 0.4) is 0 Å². The molecule has 0 saturated heterocycles. The average Bonchev–Trinajstić information content (AvgIpc) is 2.64. The van der Waals surface area contributed by atoms with E-state index in [2.05, 4.69) is 31.2 Å². The largest absolute Gasteiger partial charge is 0.323 e. The van der Waals surface area contributed by atoms with Gasteiger partial charge in [-0.15, -0.1) is 11.3 Å². The molecule has 3 rings (SSSR count). The van der Waals surface area contributed by atoms with E-state index in [0.29, 0.717) is 5.92 Å². The molecule has 0 bridgehead atoms. The molecule has 1 heterocycles. The number of benzene rings is 1. The van der Waals surface area contributed by atoms with Crippen molar-refractivity contribution in [3.05, 3.63) is 34.7 Å². The third-order valence-electron chi connectivity index (χ3n) is 3.40. The second-order valence-corrected chi connectivity index (χ2v) is 5.54. The Labute approximate surface area is 93.9 Å². The molecule has 0 spiro atoms. The molecule has 2 atom stereocenters. The minimum Gasteiger partial charge on any atom is -0.323 e. The maximum absolute atomic E-state index is 6.18. The molecule has 2 heteroatoms. The number of rotatable bonds is 0. The quantitative estimate of drug-likeness (QED) is 0.713. The number of fused-ring (bicyclic) bond motifs is 3. The lowest BCUT2D eigenvalue weighted by Crippen LogP contribution is -2.17. The molecule has 78 valence electrons. The summed E-state index contributed by atoms with van der Waals surface area (Å²) in [4.78, 5) is 1.43. The van der Waals surface area contributed by atoms with Gasteiger partial charge >= 0.3 is 0 Å². The topological polar surface area (TPSA) is 26.0 Å². The summed E-state index contributed by atoms with van der Waals surface area (Å²) in [6.07, 6.45) is 2.37. The van der Waals surface area contributed by atoms with Crippen molar-refractivity contribution in [3.63, 3.8) is 0 Å². The van der Waals surface area contributed by atoms with E-state index in [1.807, 2.05) is 11.3 Å². The molecule has 0 fully saturated rings. The smallest absolute Gasteiger partial charge is 0.0393 e. The molecule has 1 nitrogen and oxygen atoms in total. The van der Waals surface area contributed by atoms with Crippen LogP contribution < -0.4 is 5.73 Å². The van der Waals surface area contributed by atoms with E-state index in [0.717, 1.165) is 6.42 Å². The van der Waals surface area contributed by atoms with Gasteiger partial charge in [0.05, 0.1) is 0 Å². The van der Waals surface area contributed by atoms with Gasteiger partial charge in [-0.2, -0.15) is 0 Å². The van der Waals surface area contributed by atoms with E-state index in [4.69, 9.17) is 5.73 Å². The Balaban J connectivity index is 2.34. The zero-order valence-electron chi connectivity index (χ0n) is 8.86. The van der Waals surface area contributed by atoms with Gasteiger partial charge < -0.3 is 5.73 Å². The third-order valence-corrected chi connectivity index (χ3v) is 4.72. The standard InChI is InChI=1S/C13H15NS/c1-8-6-7-10(14)13-12(8)9-4-2-3-5-11(9)15-13/h2-5,8,10H,6-7,14H2,1H3/t8?,10-/m1/s1. The Morgan fingerprint density at radius 2 is 2.07 bits per heavy atom. The summed E-state index contributed by atoms with van der Waals surface area (Å²) in [5.41, 5.74) is 7.71. The number of hydrogen-bond donors (Lipinski definition) is 1. The molecule has 1 aliphatic carbocycles. The summed E-state index contributed by atoms with van der Waals surface area (Å²) in [6, 6.07) is 8.95. The van der Waals surface area contributed by atoms with Crippen molar-refractivity contribution in [2.75, 3.05) is 0 Å². The minimum absolute atomic E-state index is 0.272. The predicted octanol–water partition coefficient (Wildman–Crippen LogP) is 3.80. The molecule has 2 aromatic rings. The Bertz CT molecular complexity index is 500. The first-order valence-corrected chi connectivity index (χ1v) is 6.36. The highest BCUT2D eigenvalue weighted by molar-refractivity contribution is 7.19. The molecule has 1 unspecified atom stereocenters. The van der Waals surface area contributed by atoms with Gasteiger partial charge in [0.2, 0.25) is 0 Å². The lowest BCUT2D eigenvalue weighted by atomic mass is 9.85. The van der Waals surface area contributed by atoms with E-state index < -0.39 is 0 Å². The normalized spacial score (nSPS) is 25.5. The van der Waals surface area contributed by atoms with Crippen molar-refractivity contribution in [2.45, 2.75) is 31.7 Å². The summed E-state index contributed by atoms with van der Waals surface area (Å²) in [6.45, 7) is 2.32. The van der Waals surface area contributed by atoms with Crippen molar-refractivity contribution >= 4 is 21.4 Å². The summed E-state index contributed by atoms with van der Waals surface area (Å²) < 4.78 is 1.40. The van der Waals surface area contributed by atoms with Crippen LogP contribution >= 0.6 is 11.3 Å². The monoisotopic (exact) mass is 217 g/mol. The van der Waals surface area contributed by atoms with E-state index >= 15 is 0 Å². The fraction of sp³-hybridized carbons (Fsp3) is 0.385. The molecule has 0 amide bonds. The lowest BCUT2D eigenvalue weighted by molar-refractivity contribution is 0.525. The summed E-state index contributed by atoms with van der Waals surface area (Å²) in [7, 11) is 0. The maximum Gasteiger partial charge on any atom is 0.0393 e. The van der Waals surface area contributed by atoms with E-state index in [9.17, 15) is 0 Å². The highest BCUT2D eigenvalue weighted by Crippen LogP contribution is 2.45. The summed E-state index contributed by atoms with van der Waals surface area (Å²) in [5, 5.41) is 1.43. The fourth-order valence-electron chi connectivity index (χ4n) is 2.57. The minimum atomic E-state index is 0.272. The van der Waals surface area contributed by atoms with Gasteiger partial charge in [0.15, 0.2) is 0 Å². The van der Waals surface area contributed by atoms with Gasteiger partial charge in [0.25, 0.3) is 0 Å². The van der Waals surface area contributed by atoms with Gasteiger partial charge in [-0.3, -0.25) is 0 Å². The molecular formula is C13H15NS. The van der Waals surface area contributed by atoms with Gasteiger partial charge in [-0.25, -0.2) is 0 Å². The van der Waals surface area contributed by atoms with E-state index in [1.54, 1.807) is 0 Å². The van der Waals surface area contributed by atoms with Crippen LogP contribution in [0.5, 0.6) is 0 Å². The van der Waals surface area contributed by atoms with Crippen molar-refractivity contribution in [1.82, 2.24) is 0 Å². The first-order chi connectivity index (χ1) is 7.27. The van der Waals surface area contributed by atoms with Crippen LogP contribution in [-0.2, 0) is 0 Å². The Morgan fingerprint density at radius 3 is 2.93 bits per heavy atom. The second kappa shape index (κ2) is 3.32. The third kappa shape index (κ3) is 1.32. The molecule has 1 aliphatic rings. The van der Waals surface area contributed by atoms with Crippen LogP contribution in [0.25, 0.3) is 10.1 Å². The Kier molecular flexibility index (Phi) is 2.08. The Hall–Kier alpha value is -0.860. The predicted molar refractivity (Wildman–Crippen MR) is 66.4 cm³/mol. The molecule has 1 aromatic carbocycles. The van der Waals surface area contributed by atoms with Crippen molar-refractivity contribution in [1.29, 1.82) is 0 Å². The lowest BCUT2D eigenvalue weighted by Gasteiger charge is -2.24. The van der Waals surface area contributed by atoms with Crippen LogP contribution in [-0.4, -0.2) is 0 Å². The number of hydrogen-bond acceptors (Lipinski definition) is 2. The van der Waals surface area contributed by atoms with Crippen LogP contribution in [0.4, 0.5) is 0 Å².